The zero-order chi connectivity index (χ0) is 33.0. The van der Waals surface area contributed by atoms with Crippen LogP contribution >= 0.6 is 25.3 Å². The summed E-state index contributed by atoms with van der Waals surface area (Å²) in [6.45, 7) is 4.34. The SMILES string of the molecule is CCCCCCCCc1ccc(CS(=O)(=O)NC(S)COCC(S)NS(=O)(=O)Cc2ccc(CCCCCCCC)cc2)cc1. The van der Waals surface area contributed by atoms with Crippen molar-refractivity contribution in [3.8, 4) is 0 Å². The van der Waals surface area contributed by atoms with Gasteiger partial charge in [-0.25, -0.2) is 26.3 Å². The third-order valence-electron chi connectivity index (χ3n) is 7.58. The predicted octanol–water partition coefficient (Wildman–Crippen LogP) is 7.56. The summed E-state index contributed by atoms with van der Waals surface area (Å²) in [5.41, 5.74) is 3.84. The molecule has 7 nitrogen and oxygen atoms in total. The minimum absolute atomic E-state index is 0.0433. The number of aryl methyl sites for hydroxylation is 2. The molecule has 45 heavy (non-hydrogen) atoms. The van der Waals surface area contributed by atoms with Crippen LogP contribution in [0.1, 0.15) is 113 Å². The Balaban J connectivity index is 1.66. The number of nitrogens with one attached hydrogen (secondary N) is 2. The summed E-state index contributed by atoms with van der Waals surface area (Å²) in [4.78, 5) is 0. The van der Waals surface area contributed by atoms with E-state index < -0.39 is 30.8 Å². The maximum absolute atomic E-state index is 12.6. The summed E-state index contributed by atoms with van der Waals surface area (Å²) < 4.78 is 61.1. The molecule has 2 atom stereocenters. The van der Waals surface area contributed by atoms with Gasteiger partial charge in [0.05, 0.1) is 35.5 Å². The van der Waals surface area contributed by atoms with Crippen molar-refractivity contribution in [1.29, 1.82) is 0 Å². The van der Waals surface area contributed by atoms with E-state index in [0.29, 0.717) is 11.1 Å². The van der Waals surface area contributed by atoms with E-state index in [1.165, 1.54) is 75.3 Å². The van der Waals surface area contributed by atoms with Crippen LogP contribution in [-0.4, -0.2) is 40.8 Å². The molecule has 0 radical (unpaired) electrons. The first kappa shape index (κ1) is 40.1. The Hall–Kier alpha value is -1.08. The molecule has 256 valence electrons. The zero-order valence-corrected chi connectivity index (χ0v) is 30.7. The fourth-order valence-corrected chi connectivity index (χ4v) is 8.69. The van der Waals surface area contributed by atoms with Gasteiger partial charge in [0.1, 0.15) is 0 Å². The maximum Gasteiger partial charge on any atom is 0.216 e. The van der Waals surface area contributed by atoms with E-state index in [0.717, 1.165) is 25.7 Å². The van der Waals surface area contributed by atoms with Crippen molar-refractivity contribution < 1.29 is 21.6 Å². The first-order valence-electron chi connectivity index (χ1n) is 16.6. The topological polar surface area (TPSA) is 102 Å². The normalized spacial score (nSPS) is 13.6. The fourth-order valence-electron chi connectivity index (χ4n) is 5.12. The molecule has 11 heteroatoms. The lowest BCUT2D eigenvalue weighted by molar-refractivity contribution is 0.133. The molecule has 0 bridgehead atoms. The van der Waals surface area contributed by atoms with Crippen LogP contribution < -0.4 is 9.44 Å². The van der Waals surface area contributed by atoms with Crippen LogP contribution in [0.15, 0.2) is 48.5 Å². The van der Waals surface area contributed by atoms with E-state index in [-0.39, 0.29) is 24.7 Å². The Kier molecular flexibility index (Phi) is 20.0. The minimum atomic E-state index is -3.64. The standard InChI is InChI=1S/C34H56N2O5S4/c1-3-5-7-9-11-13-15-29-17-21-31(22-18-29)27-44(37,38)35-33(42)25-41-26-34(43)36-45(39,40)28-32-23-19-30(20-24-32)16-14-12-10-8-6-4-2/h17-24,33-36,42-43H,3-16,25-28H2,1-2H3. The van der Waals surface area contributed by atoms with E-state index in [1.807, 2.05) is 48.5 Å². The first-order valence-corrected chi connectivity index (χ1v) is 20.9. The Morgan fingerprint density at radius 3 is 1.20 bits per heavy atom. The van der Waals surface area contributed by atoms with E-state index in [1.54, 1.807) is 0 Å². The molecule has 0 aromatic heterocycles. The third-order valence-corrected chi connectivity index (χ3v) is 11.2. The van der Waals surface area contributed by atoms with E-state index >= 15 is 0 Å². The first-order chi connectivity index (χ1) is 21.5. The summed E-state index contributed by atoms with van der Waals surface area (Å²) in [6.07, 6.45) is 16.9. The molecule has 2 unspecified atom stereocenters. The lowest BCUT2D eigenvalue weighted by atomic mass is 10.0. The van der Waals surface area contributed by atoms with Crippen LogP contribution in [0, 0.1) is 0 Å². The van der Waals surface area contributed by atoms with Crippen LogP contribution in [0.5, 0.6) is 0 Å². The molecule has 2 rings (SSSR count). The highest BCUT2D eigenvalue weighted by Crippen LogP contribution is 2.15. The molecule has 2 N–H and O–H groups in total. The molecule has 0 spiro atoms. The van der Waals surface area contributed by atoms with Gasteiger partial charge in [0.2, 0.25) is 20.0 Å². The third kappa shape index (κ3) is 19.4. The van der Waals surface area contributed by atoms with E-state index in [9.17, 15) is 16.8 Å². The molecule has 2 aromatic carbocycles. The number of rotatable bonds is 26. The number of thiol groups is 2. The van der Waals surface area contributed by atoms with Crippen molar-refractivity contribution in [2.24, 2.45) is 0 Å². The second-order valence-electron chi connectivity index (χ2n) is 12.0. The minimum Gasteiger partial charge on any atom is -0.376 e. The number of hydrogen-bond acceptors (Lipinski definition) is 7. The summed E-state index contributed by atoms with van der Waals surface area (Å²) in [7, 11) is -7.28. The van der Waals surface area contributed by atoms with Gasteiger partial charge in [0, 0.05) is 0 Å². The van der Waals surface area contributed by atoms with Gasteiger partial charge < -0.3 is 4.74 Å². The molecule has 0 saturated heterocycles. The molecule has 0 saturated carbocycles. The van der Waals surface area contributed by atoms with Gasteiger partial charge in [-0.2, -0.15) is 25.3 Å². The summed E-state index contributed by atoms with van der Waals surface area (Å²) >= 11 is 8.60. The Morgan fingerprint density at radius 1 is 0.533 bits per heavy atom. The van der Waals surface area contributed by atoms with Crippen molar-refractivity contribution >= 4 is 45.3 Å². The Labute approximate surface area is 285 Å². The van der Waals surface area contributed by atoms with Gasteiger partial charge in [-0.3, -0.25) is 0 Å². The number of ether oxygens (including phenoxy) is 1. The van der Waals surface area contributed by atoms with Gasteiger partial charge in [0.25, 0.3) is 0 Å². The van der Waals surface area contributed by atoms with Crippen LogP contribution in [0.25, 0.3) is 0 Å². The number of sulfonamides is 2. The van der Waals surface area contributed by atoms with Crippen LogP contribution in [-0.2, 0) is 49.1 Å². The van der Waals surface area contributed by atoms with Gasteiger partial charge in [0.15, 0.2) is 0 Å². The molecule has 0 aliphatic rings. The number of unbranched alkanes of at least 4 members (excludes halogenated alkanes) is 10. The monoisotopic (exact) mass is 700 g/mol. The van der Waals surface area contributed by atoms with Gasteiger partial charge in [-0.1, -0.05) is 127 Å². The zero-order valence-electron chi connectivity index (χ0n) is 27.3. The highest BCUT2D eigenvalue weighted by Gasteiger charge is 2.19. The fraction of sp³-hybridized carbons (Fsp3) is 0.647. The summed E-state index contributed by atoms with van der Waals surface area (Å²) in [5, 5.41) is -1.57. The van der Waals surface area contributed by atoms with Crippen LogP contribution in [0.2, 0.25) is 0 Å². The van der Waals surface area contributed by atoms with Crippen molar-refractivity contribution in [2.45, 2.75) is 126 Å². The van der Waals surface area contributed by atoms with Crippen molar-refractivity contribution in [1.82, 2.24) is 9.44 Å². The highest BCUT2D eigenvalue weighted by atomic mass is 32.2. The molecule has 0 aliphatic heterocycles. The second-order valence-corrected chi connectivity index (χ2v) is 16.7. The van der Waals surface area contributed by atoms with E-state index in [2.05, 4.69) is 48.5 Å². The van der Waals surface area contributed by atoms with Gasteiger partial charge >= 0.3 is 0 Å². The average Bonchev–Trinajstić information content (AvgIpc) is 2.97. The lowest BCUT2D eigenvalue weighted by Crippen LogP contribution is -2.38. The van der Waals surface area contributed by atoms with Crippen LogP contribution in [0.3, 0.4) is 0 Å². The molecule has 0 aliphatic carbocycles. The molecule has 0 fully saturated rings. The number of hydrogen-bond donors (Lipinski definition) is 4. The molecular weight excluding hydrogens is 645 g/mol. The van der Waals surface area contributed by atoms with Crippen LogP contribution in [0.4, 0.5) is 0 Å². The molecular formula is C34H56N2O5S4. The smallest absolute Gasteiger partial charge is 0.216 e. The summed E-state index contributed by atoms with van der Waals surface area (Å²) in [5.74, 6) is -0.313. The lowest BCUT2D eigenvalue weighted by Gasteiger charge is -2.17. The molecule has 0 heterocycles. The van der Waals surface area contributed by atoms with Gasteiger partial charge in [-0.05, 0) is 47.9 Å². The van der Waals surface area contributed by atoms with Crippen molar-refractivity contribution in [2.75, 3.05) is 13.2 Å². The van der Waals surface area contributed by atoms with Crippen molar-refractivity contribution in [3.63, 3.8) is 0 Å². The quantitative estimate of drug-likeness (QED) is 0.0461. The predicted molar refractivity (Wildman–Crippen MR) is 195 cm³/mol. The average molecular weight is 701 g/mol. The van der Waals surface area contributed by atoms with E-state index in [4.69, 9.17) is 4.74 Å². The van der Waals surface area contributed by atoms with Crippen molar-refractivity contribution in [3.05, 3.63) is 70.8 Å². The molecule has 2 aromatic rings. The summed E-state index contributed by atoms with van der Waals surface area (Å²) in [6, 6.07) is 15.4. The maximum atomic E-state index is 12.6. The molecule has 0 amide bonds. The second kappa shape index (κ2) is 22.5. The largest absolute Gasteiger partial charge is 0.376 e. The Morgan fingerprint density at radius 2 is 0.844 bits per heavy atom. The van der Waals surface area contributed by atoms with Gasteiger partial charge in [-0.15, -0.1) is 0 Å². The Bertz CT molecular complexity index is 1170. The number of benzene rings is 2. The highest BCUT2D eigenvalue weighted by molar-refractivity contribution is 7.90.